The number of nitriles is 1. The lowest BCUT2D eigenvalue weighted by Crippen LogP contribution is -2.09. The third kappa shape index (κ3) is 4.98. The van der Waals surface area contributed by atoms with E-state index >= 15 is 0 Å². The van der Waals surface area contributed by atoms with Gasteiger partial charge in [0.2, 0.25) is 0 Å². The number of hydrogen-bond donors (Lipinski definition) is 0. The van der Waals surface area contributed by atoms with Crippen LogP contribution < -0.4 is 4.74 Å². The number of rotatable bonds is 5. The summed E-state index contributed by atoms with van der Waals surface area (Å²) >= 11 is 12.4. The molecule has 0 atom stereocenters. The first-order chi connectivity index (χ1) is 15.8. The molecular formula is C24H14Cl2F3N3O. The first-order valence-electron chi connectivity index (χ1n) is 9.60. The van der Waals surface area contributed by atoms with Crippen LogP contribution in [0.1, 0.15) is 17.0 Å². The lowest BCUT2D eigenvalue weighted by molar-refractivity contribution is -0.141. The molecule has 0 aliphatic heterocycles. The van der Waals surface area contributed by atoms with Gasteiger partial charge < -0.3 is 4.74 Å². The van der Waals surface area contributed by atoms with Gasteiger partial charge in [-0.05, 0) is 53.6 Å². The predicted molar refractivity (Wildman–Crippen MR) is 120 cm³/mol. The van der Waals surface area contributed by atoms with E-state index in [-0.39, 0.29) is 28.0 Å². The van der Waals surface area contributed by atoms with Crippen molar-refractivity contribution in [3.63, 3.8) is 0 Å². The minimum atomic E-state index is -4.64. The zero-order valence-electron chi connectivity index (χ0n) is 16.8. The van der Waals surface area contributed by atoms with Crippen molar-refractivity contribution >= 4 is 23.2 Å². The summed E-state index contributed by atoms with van der Waals surface area (Å²) in [5.41, 5.74) is 1.58. The highest BCUT2D eigenvalue weighted by atomic mass is 35.5. The maximum absolute atomic E-state index is 13.3. The molecule has 0 N–H and O–H groups in total. The van der Waals surface area contributed by atoms with Gasteiger partial charge in [0.1, 0.15) is 18.0 Å². The van der Waals surface area contributed by atoms with Gasteiger partial charge in [0.25, 0.3) is 0 Å². The number of para-hydroxylation sites is 1. The first kappa shape index (κ1) is 22.7. The number of nitrogens with zero attached hydrogens (tertiary/aromatic N) is 3. The van der Waals surface area contributed by atoms with Gasteiger partial charge in [-0.15, -0.1) is 0 Å². The molecule has 9 heteroatoms. The molecule has 4 aromatic rings. The van der Waals surface area contributed by atoms with Crippen molar-refractivity contribution < 1.29 is 17.9 Å². The second kappa shape index (κ2) is 9.18. The fourth-order valence-corrected chi connectivity index (χ4v) is 3.74. The summed E-state index contributed by atoms with van der Waals surface area (Å²) < 4.78 is 46.7. The quantitative estimate of drug-likeness (QED) is 0.296. The number of benzene rings is 3. The summed E-state index contributed by atoms with van der Waals surface area (Å²) in [6.45, 7) is -0.194. The van der Waals surface area contributed by atoms with Crippen molar-refractivity contribution in [1.29, 1.82) is 5.26 Å². The second-order valence-corrected chi connectivity index (χ2v) is 7.82. The number of halogens is 5. The molecule has 4 rings (SSSR count). The highest BCUT2D eigenvalue weighted by Crippen LogP contribution is 2.34. The van der Waals surface area contributed by atoms with E-state index in [4.69, 9.17) is 33.2 Å². The Morgan fingerprint density at radius 3 is 2.03 bits per heavy atom. The Morgan fingerprint density at radius 2 is 1.48 bits per heavy atom. The minimum Gasteiger partial charge on any atom is -0.487 e. The number of alkyl halides is 3. The van der Waals surface area contributed by atoms with Crippen molar-refractivity contribution in [1.82, 2.24) is 9.78 Å². The third-order valence-corrected chi connectivity index (χ3v) is 5.42. The zero-order chi connectivity index (χ0) is 23.6. The normalized spacial score (nSPS) is 11.3. The third-order valence-electron chi connectivity index (χ3n) is 4.81. The summed E-state index contributed by atoms with van der Waals surface area (Å²) in [5.74, 6) is 0.457. The highest BCUT2D eigenvalue weighted by molar-refractivity contribution is 6.37. The molecule has 0 aliphatic carbocycles. The molecule has 0 saturated heterocycles. The van der Waals surface area contributed by atoms with Gasteiger partial charge in [-0.25, -0.2) is 4.68 Å². The van der Waals surface area contributed by atoms with Crippen molar-refractivity contribution in [3.8, 4) is 28.6 Å². The maximum Gasteiger partial charge on any atom is 0.435 e. The van der Waals surface area contributed by atoms with E-state index in [1.54, 1.807) is 30.3 Å². The Balaban J connectivity index is 1.59. The number of ether oxygens (including phenoxy) is 1. The average Bonchev–Trinajstić information content (AvgIpc) is 3.22. The fourth-order valence-electron chi connectivity index (χ4n) is 3.18. The smallest absolute Gasteiger partial charge is 0.435 e. The Bertz CT molecular complexity index is 1310. The van der Waals surface area contributed by atoms with Gasteiger partial charge in [0.05, 0.1) is 27.4 Å². The van der Waals surface area contributed by atoms with Crippen LogP contribution in [0.5, 0.6) is 5.75 Å². The van der Waals surface area contributed by atoms with E-state index in [2.05, 4.69) is 11.2 Å². The van der Waals surface area contributed by atoms with Crippen LogP contribution in [0.3, 0.4) is 0 Å². The highest BCUT2D eigenvalue weighted by Gasteiger charge is 2.35. The van der Waals surface area contributed by atoms with E-state index < -0.39 is 11.9 Å². The summed E-state index contributed by atoms with van der Waals surface area (Å²) in [6.07, 6.45) is -4.64. The molecule has 0 spiro atoms. The predicted octanol–water partition coefficient (Wildman–Crippen LogP) is 7.32. The van der Waals surface area contributed by atoms with Crippen molar-refractivity contribution in [3.05, 3.63) is 99.8 Å². The molecule has 166 valence electrons. The van der Waals surface area contributed by atoms with Crippen LogP contribution in [-0.2, 0) is 12.8 Å². The Kier molecular flexibility index (Phi) is 6.32. The molecule has 33 heavy (non-hydrogen) atoms. The molecule has 0 unspecified atom stereocenters. The first-order valence-corrected chi connectivity index (χ1v) is 10.4. The van der Waals surface area contributed by atoms with Crippen molar-refractivity contribution in [2.45, 2.75) is 12.8 Å². The fraction of sp³-hybridized carbons (Fsp3) is 0.0833. The van der Waals surface area contributed by atoms with Gasteiger partial charge in [-0.1, -0.05) is 53.5 Å². The van der Waals surface area contributed by atoms with Crippen LogP contribution in [0.15, 0.2) is 72.8 Å². The lowest BCUT2D eigenvalue weighted by Gasteiger charge is -2.12. The molecule has 0 saturated carbocycles. The number of hydrogen-bond acceptors (Lipinski definition) is 3. The largest absolute Gasteiger partial charge is 0.487 e. The van der Waals surface area contributed by atoms with Gasteiger partial charge in [-0.2, -0.15) is 23.5 Å². The van der Waals surface area contributed by atoms with Crippen LogP contribution in [0.2, 0.25) is 10.0 Å². The second-order valence-electron chi connectivity index (χ2n) is 7.00. The topological polar surface area (TPSA) is 50.8 Å². The van der Waals surface area contributed by atoms with Gasteiger partial charge in [0, 0.05) is 0 Å². The summed E-state index contributed by atoms with van der Waals surface area (Å²) in [5, 5.41) is 12.9. The molecule has 0 radical (unpaired) electrons. The van der Waals surface area contributed by atoms with Crippen LogP contribution in [0.4, 0.5) is 13.2 Å². The Labute approximate surface area is 197 Å². The summed E-state index contributed by atoms with van der Waals surface area (Å²) in [7, 11) is 0. The van der Waals surface area contributed by atoms with Crippen molar-refractivity contribution in [2.75, 3.05) is 0 Å². The number of aromatic nitrogens is 2. The molecule has 0 amide bonds. The summed E-state index contributed by atoms with van der Waals surface area (Å²) in [4.78, 5) is 0. The maximum atomic E-state index is 13.3. The molecule has 0 bridgehead atoms. The standard InChI is InChI=1S/C24H14Cl2F3N3O/c25-20-2-1-3-21(26)23(20)32-18(12-22(31-32)24(27,28)29)14-33-19-10-8-17(9-11-19)16-6-4-15(13-30)5-7-16/h1-12H,14H2. The zero-order valence-corrected chi connectivity index (χ0v) is 18.3. The van der Waals surface area contributed by atoms with E-state index in [9.17, 15) is 13.2 Å². The average molecular weight is 488 g/mol. The van der Waals surface area contributed by atoms with Crippen LogP contribution in [0, 0.1) is 11.3 Å². The molecule has 4 nitrogen and oxygen atoms in total. The Hall–Kier alpha value is -3.47. The molecule has 0 aliphatic rings. The summed E-state index contributed by atoms with van der Waals surface area (Å²) in [6, 6.07) is 21.8. The van der Waals surface area contributed by atoms with E-state index in [1.807, 2.05) is 24.3 Å². The van der Waals surface area contributed by atoms with E-state index in [0.717, 1.165) is 21.9 Å². The molecule has 1 aromatic heterocycles. The molecule has 3 aromatic carbocycles. The van der Waals surface area contributed by atoms with E-state index in [0.29, 0.717) is 11.3 Å². The van der Waals surface area contributed by atoms with Gasteiger partial charge >= 0.3 is 6.18 Å². The molecule has 0 fully saturated rings. The van der Waals surface area contributed by atoms with Crippen molar-refractivity contribution in [2.24, 2.45) is 0 Å². The molecular weight excluding hydrogens is 474 g/mol. The van der Waals surface area contributed by atoms with E-state index in [1.165, 1.54) is 12.1 Å². The van der Waals surface area contributed by atoms with Gasteiger partial charge in [-0.3, -0.25) is 0 Å². The van der Waals surface area contributed by atoms with Crippen LogP contribution in [0.25, 0.3) is 16.8 Å². The minimum absolute atomic E-state index is 0.133. The Morgan fingerprint density at radius 1 is 0.909 bits per heavy atom. The molecule has 1 heterocycles. The van der Waals surface area contributed by atoms with Crippen LogP contribution >= 0.6 is 23.2 Å². The van der Waals surface area contributed by atoms with Crippen LogP contribution in [-0.4, -0.2) is 9.78 Å². The van der Waals surface area contributed by atoms with Gasteiger partial charge in [0.15, 0.2) is 5.69 Å². The lowest BCUT2D eigenvalue weighted by atomic mass is 10.0. The SMILES string of the molecule is N#Cc1ccc(-c2ccc(OCc3cc(C(F)(F)F)nn3-c3c(Cl)cccc3Cl)cc2)cc1. The monoisotopic (exact) mass is 487 g/mol.